The second-order valence-electron chi connectivity index (χ2n) is 16.6. The Labute approximate surface area is 324 Å². The predicted octanol–water partition coefficient (Wildman–Crippen LogP) is 15.0. The number of hydrogen-bond donors (Lipinski definition) is 0. The molecule has 1 unspecified atom stereocenters. The van der Waals surface area contributed by atoms with Gasteiger partial charge in [-0.1, -0.05) is 150 Å². The highest BCUT2D eigenvalue weighted by Crippen LogP contribution is 2.56. The predicted molar refractivity (Wildman–Crippen MR) is 232 cm³/mol. The fourth-order valence-electron chi connectivity index (χ4n) is 9.51. The lowest BCUT2D eigenvalue weighted by molar-refractivity contribution is 0.485. The first kappa shape index (κ1) is 35.9. The average Bonchev–Trinajstić information content (AvgIpc) is 3.49. The molecule has 1 heteroatoms. The zero-order valence-corrected chi connectivity index (χ0v) is 32.9. The maximum Gasteiger partial charge on any atom is 0.0465 e. The Morgan fingerprint density at radius 2 is 1.31 bits per heavy atom. The number of nitrogens with zero attached hydrogens (tertiary/aromatic N) is 1. The molecule has 4 aliphatic rings. The van der Waals surface area contributed by atoms with Crippen LogP contribution in [-0.4, -0.2) is 0 Å². The van der Waals surface area contributed by atoms with Gasteiger partial charge in [-0.3, -0.25) is 0 Å². The molecule has 272 valence electrons. The lowest BCUT2D eigenvalue weighted by Crippen LogP contribution is -2.25. The van der Waals surface area contributed by atoms with Gasteiger partial charge in [0.25, 0.3) is 0 Å². The molecule has 0 radical (unpaired) electrons. The first-order valence-electron chi connectivity index (χ1n) is 20.3. The number of allylic oxidation sites excluding steroid dienone is 14. The van der Waals surface area contributed by atoms with Crippen molar-refractivity contribution in [3.8, 4) is 0 Å². The number of anilines is 3. The molecule has 1 atom stereocenters. The first-order chi connectivity index (χ1) is 26.3. The van der Waals surface area contributed by atoms with Crippen LogP contribution in [0.1, 0.15) is 102 Å². The van der Waals surface area contributed by atoms with Crippen LogP contribution in [0.4, 0.5) is 17.1 Å². The van der Waals surface area contributed by atoms with E-state index in [1.54, 1.807) is 11.1 Å². The molecule has 0 spiro atoms. The highest BCUT2D eigenvalue weighted by Gasteiger charge is 2.43. The molecule has 0 saturated carbocycles. The fraction of sp³-hybridized carbons (Fsp3) is 0.283. The smallest absolute Gasteiger partial charge is 0.0465 e. The standard InChI is InChI=1S/C53H55N/c1-6-53(7-2)50-35-39(24-23-38-25-28-41(29-26-38)46-33-30-42(36-49(46)52(3,4)5)40-17-11-8-12-18-40)27-32-47(50)48-34-31-45(37-51(48)53)54(43-19-13-9-14-20-43)44-21-15-10-16-22-44/h8-25,28,31,33-37,42H,6-7,26-27,29-30,32H2,1-5H3/b24-23+. The SMILES string of the molecule is CCC1(CC)C2=C(CCC(/C=C/C3=CC=C(C4=CCC(c5ccccc5)C=C4C(C)(C)C)CC3)=C2)c2ccc(N(c3ccccc3)c3ccccc3)cc21. The summed E-state index contributed by atoms with van der Waals surface area (Å²) in [6, 6.07) is 39.9. The average molecular weight is 706 g/mol. The van der Waals surface area contributed by atoms with E-state index in [0.29, 0.717) is 5.92 Å². The molecule has 1 nitrogen and oxygen atoms in total. The second kappa shape index (κ2) is 14.9. The van der Waals surface area contributed by atoms with E-state index in [0.717, 1.165) is 44.9 Å². The lowest BCUT2D eigenvalue weighted by atomic mass is 9.71. The molecular formula is C53H55N. The van der Waals surface area contributed by atoms with Gasteiger partial charge in [-0.05, 0) is 142 Å². The van der Waals surface area contributed by atoms with E-state index >= 15 is 0 Å². The van der Waals surface area contributed by atoms with E-state index in [2.05, 4.69) is 191 Å². The van der Waals surface area contributed by atoms with E-state index in [-0.39, 0.29) is 10.8 Å². The summed E-state index contributed by atoms with van der Waals surface area (Å²) in [7, 11) is 0. The molecule has 0 aliphatic heterocycles. The normalized spacial score (nSPS) is 19.4. The van der Waals surface area contributed by atoms with Crippen molar-refractivity contribution in [2.24, 2.45) is 5.41 Å². The van der Waals surface area contributed by atoms with Crippen molar-refractivity contribution in [2.45, 2.75) is 90.9 Å². The zero-order valence-electron chi connectivity index (χ0n) is 32.9. The van der Waals surface area contributed by atoms with Gasteiger partial charge >= 0.3 is 0 Å². The molecule has 0 N–H and O–H groups in total. The van der Waals surface area contributed by atoms with Crippen molar-refractivity contribution in [2.75, 3.05) is 4.90 Å². The Kier molecular flexibility index (Phi) is 9.93. The molecule has 0 saturated heterocycles. The number of benzene rings is 4. The van der Waals surface area contributed by atoms with Gasteiger partial charge in [-0.25, -0.2) is 0 Å². The van der Waals surface area contributed by atoms with Gasteiger partial charge in [0.2, 0.25) is 0 Å². The van der Waals surface area contributed by atoms with Crippen LogP contribution in [0.25, 0.3) is 5.57 Å². The van der Waals surface area contributed by atoms with Crippen molar-refractivity contribution in [3.05, 3.63) is 202 Å². The third-order valence-electron chi connectivity index (χ3n) is 12.5. The van der Waals surface area contributed by atoms with Crippen LogP contribution in [0.2, 0.25) is 0 Å². The van der Waals surface area contributed by atoms with Crippen molar-refractivity contribution < 1.29 is 0 Å². The maximum absolute atomic E-state index is 2.56. The lowest BCUT2D eigenvalue weighted by Gasteiger charge is -2.33. The van der Waals surface area contributed by atoms with Crippen LogP contribution in [0.15, 0.2) is 185 Å². The van der Waals surface area contributed by atoms with Gasteiger partial charge in [0.1, 0.15) is 0 Å². The third-order valence-corrected chi connectivity index (χ3v) is 12.5. The molecule has 0 aromatic heterocycles. The second-order valence-corrected chi connectivity index (χ2v) is 16.6. The van der Waals surface area contributed by atoms with E-state index < -0.39 is 0 Å². The fourth-order valence-corrected chi connectivity index (χ4v) is 9.51. The summed E-state index contributed by atoms with van der Waals surface area (Å²) in [6.45, 7) is 11.9. The van der Waals surface area contributed by atoms with Crippen molar-refractivity contribution >= 4 is 22.6 Å². The molecule has 4 aromatic carbocycles. The summed E-state index contributed by atoms with van der Waals surface area (Å²) in [5.74, 6) is 0.453. The van der Waals surface area contributed by atoms with Gasteiger partial charge in [-0.2, -0.15) is 0 Å². The van der Waals surface area contributed by atoms with Gasteiger partial charge in [0.15, 0.2) is 0 Å². The van der Waals surface area contributed by atoms with Crippen LogP contribution in [0.3, 0.4) is 0 Å². The summed E-state index contributed by atoms with van der Waals surface area (Å²) >= 11 is 0. The summed E-state index contributed by atoms with van der Waals surface area (Å²) in [5, 5.41) is 0. The minimum absolute atomic E-state index is 0.0203. The Bertz CT molecular complexity index is 2180. The van der Waals surface area contributed by atoms with Crippen LogP contribution in [0, 0.1) is 5.41 Å². The zero-order chi connectivity index (χ0) is 37.3. The number of rotatable bonds is 9. The monoisotopic (exact) mass is 705 g/mol. The highest BCUT2D eigenvalue weighted by molar-refractivity contribution is 5.87. The number of hydrogen-bond acceptors (Lipinski definition) is 1. The van der Waals surface area contributed by atoms with Crippen LogP contribution >= 0.6 is 0 Å². The summed E-state index contributed by atoms with van der Waals surface area (Å²) < 4.78 is 0. The molecule has 0 heterocycles. The van der Waals surface area contributed by atoms with Gasteiger partial charge in [0.05, 0.1) is 0 Å². The van der Waals surface area contributed by atoms with E-state index in [9.17, 15) is 0 Å². The Morgan fingerprint density at radius 1 is 0.685 bits per heavy atom. The van der Waals surface area contributed by atoms with Crippen molar-refractivity contribution in [1.29, 1.82) is 0 Å². The molecule has 8 rings (SSSR count). The van der Waals surface area contributed by atoms with E-state index in [1.807, 2.05) is 0 Å². The van der Waals surface area contributed by atoms with Gasteiger partial charge < -0.3 is 4.90 Å². The minimum atomic E-state index is 0.0203. The van der Waals surface area contributed by atoms with Crippen LogP contribution in [0.5, 0.6) is 0 Å². The topological polar surface area (TPSA) is 3.24 Å². The van der Waals surface area contributed by atoms with Crippen LogP contribution < -0.4 is 4.90 Å². The molecular weight excluding hydrogens is 651 g/mol. The molecule has 4 aromatic rings. The highest BCUT2D eigenvalue weighted by atomic mass is 15.1. The van der Waals surface area contributed by atoms with E-state index in [1.165, 1.54) is 61.6 Å². The summed E-state index contributed by atoms with van der Waals surface area (Å²) in [4.78, 5) is 2.40. The van der Waals surface area contributed by atoms with Gasteiger partial charge in [-0.15, -0.1) is 0 Å². The third kappa shape index (κ3) is 6.75. The van der Waals surface area contributed by atoms with Crippen molar-refractivity contribution in [3.63, 3.8) is 0 Å². The van der Waals surface area contributed by atoms with Crippen molar-refractivity contribution in [1.82, 2.24) is 0 Å². The summed E-state index contributed by atoms with van der Waals surface area (Å²) in [6.07, 6.45) is 24.9. The molecule has 54 heavy (non-hydrogen) atoms. The summed E-state index contributed by atoms with van der Waals surface area (Å²) in [5.41, 5.74) is 18.5. The van der Waals surface area contributed by atoms with Crippen LogP contribution in [-0.2, 0) is 5.41 Å². The maximum atomic E-state index is 2.56. The largest absolute Gasteiger partial charge is 0.310 e. The number of para-hydroxylation sites is 2. The van der Waals surface area contributed by atoms with E-state index in [4.69, 9.17) is 0 Å². The molecule has 0 amide bonds. The Balaban J connectivity index is 1.05. The Hall–Kier alpha value is -5.14. The molecule has 4 aliphatic carbocycles. The van der Waals surface area contributed by atoms with Gasteiger partial charge in [0, 0.05) is 28.4 Å². The Morgan fingerprint density at radius 3 is 1.93 bits per heavy atom. The number of fused-ring (bicyclic) bond motifs is 2. The minimum Gasteiger partial charge on any atom is -0.310 e. The molecule has 0 fully saturated rings. The molecule has 0 bridgehead atoms. The quantitative estimate of drug-likeness (QED) is 0.168. The first-order valence-corrected chi connectivity index (χ1v) is 20.3.